The van der Waals surface area contributed by atoms with Crippen LogP contribution in [0.15, 0.2) is 22.7 Å². The number of hydrogen-bond acceptors (Lipinski definition) is 1. The van der Waals surface area contributed by atoms with Crippen LogP contribution in [0.3, 0.4) is 0 Å². The average Bonchev–Trinajstić information content (AvgIpc) is 2.23. The first-order valence-electron chi connectivity index (χ1n) is 5.61. The van der Waals surface area contributed by atoms with E-state index in [9.17, 15) is 5.11 Å². The molecule has 0 amide bonds. The van der Waals surface area contributed by atoms with Crippen LogP contribution in [0.25, 0.3) is 0 Å². The molecule has 1 N–H and O–H groups in total. The molecule has 1 aliphatic carbocycles. The Bertz CT molecular complexity index is 354. The zero-order valence-electron chi connectivity index (χ0n) is 9.09. The van der Waals surface area contributed by atoms with Crippen LogP contribution >= 0.6 is 15.9 Å². The second-order valence-corrected chi connectivity index (χ2v) is 5.47. The lowest BCUT2D eigenvalue weighted by molar-refractivity contribution is -0.00122. The summed E-state index contributed by atoms with van der Waals surface area (Å²) in [4.78, 5) is 0. The molecule has 0 saturated heterocycles. The fourth-order valence-corrected chi connectivity index (χ4v) is 2.86. The Morgan fingerprint density at radius 2 is 1.87 bits per heavy atom. The summed E-state index contributed by atoms with van der Waals surface area (Å²) < 4.78 is 1.06. The van der Waals surface area contributed by atoms with E-state index in [4.69, 9.17) is 0 Å². The van der Waals surface area contributed by atoms with E-state index in [1.165, 1.54) is 12.0 Å². The minimum atomic E-state index is -0.577. The van der Waals surface area contributed by atoms with Crippen molar-refractivity contribution in [2.24, 2.45) is 0 Å². The molecule has 0 radical (unpaired) electrons. The third kappa shape index (κ3) is 2.26. The Hall–Kier alpha value is -0.340. The normalized spacial score (nSPS) is 20.2. The topological polar surface area (TPSA) is 20.2 Å². The van der Waals surface area contributed by atoms with Crippen molar-refractivity contribution < 1.29 is 5.11 Å². The fourth-order valence-electron chi connectivity index (χ4n) is 2.50. The first-order valence-corrected chi connectivity index (χ1v) is 6.40. The fraction of sp³-hybridized carbons (Fsp3) is 0.538. The van der Waals surface area contributed by atoms with Crippen molar-refractivity contribution in [3.63, 3.8) is 0 Å². The Labute approximate surface area is 99.6 Å². The summed E-state index contributed by atoms with van der Waals surface area (Å²) in [6, 6.07) is 6.18. The van der Waals surface area contributed by atoms with E-state index in [1.54, 1.807) is 0 Å². The van der Waals surface area contributed by atoms with Crippen LogP contribution in [0.2, 0.25) is 0 Å². The van der Waals surface area contributed by atoms with Gasteiger partial charge < -0.3 is 5.11 Å². The van der Waals surface area contributed by atoms with Gasteiger partial charge in [0.2, 0.25) is 0 Å². The summed E-state index contributed by atoms with van der Waals surface area (Å²) in [7, 11) is 0. The van der Waals surface area contributed by atoms with E-state index in [0.29, 0.717) is 0 Å². The van der Waals surface area contributed by atoms with E-state index >= 15 is 0 Å². The third-order valence-electron chi connectivity index (χ3n) is 3.38. The maximum absolute atomic E-state index is 10.6. The molecule has 0 aromatic heterocycles. The molecule has 2 heteroatoms. The molecule has 15 heavy (non-hydrogen) atoms. The molecule has 0 heterocycles. The maximum Gasteiger partial charge on any atom is 0.0899 e. The van der Waals surface area contributed by atoms with E-state index in [1.807, 2.05) is 6.07 Å². The highest BCUT2D eigenvalue weighted by molar-refractivity contribution is 9.10. The van der Waals surface area contributed by atoms with Crippen molar-refractivity contribution in [3.05, 3.63) is 33.8 Å². The molecule has 82 valence electrons. The smallest absolute Gasteiger partial charge is 0.0899 e. The molecule has 0 bridgehead atoms. The van der Waals surface area contributed by atoms with E-state index in [0.717, 1.165) is 35.7 Å². The second kappa shape index (κ2) is 4.26. The lowest BCUT2D eigenvalue weighted by Gasteiger charge is -2.33. The maximum atomic E-state index is 10.6. The monoisotopic (exact) mass is 268 g/mol. The zero-order valence-corrected chi connectivity index (χ0v) is 10.7. The summed E-state index contributed by atoms with van der Waals surface area (Å²) in [5.74, 6) is 0. The number of halogens is 1. The van der Waals surface area contributed by atoms with Crippen molar-refractivity contribution in [2.75, 3.05) is 0 Å². The lowest BCUT2D eigenvalue weighted by Crippen LogP contribution is -2.29. The highest BCUT2D eigenvalue weighted by Gasteiger charge is 2.32. The molecule has 1 saturated carbocycles. The molecule has 1 nitrogen and oxygen atoms in total. The van der Waals surface area contributed by atoms with Gasteiger partial charge in [-0.3, -0.25) is 0 Å². The summed E-state index contributed by atoms with van der Waals surface area (Å²) >= 11 is 3.48. The van der Waals surface area contributed by atoms with Gasteiger partial charge in [0.05, 0.1) is 5.60 Å². The molecular formula is C13H17BrO. The minimum Gasteiger partial charge on any atom is -0.385 e. The summed E-state index contributed by atoms with van der Waals surface area (Å²) in [5, 5.41) is 10.6. The van der Waals surface area contributed by atoms with Crippen LogP contribution in [0, 0.1) is 6.92 Å². The van der Waals surface area contributed by atoms with Crippen molar-refractivity contribution in [1.29, 1.82) is 0 Å². The van der Waals surface area contributed by atoms with Gasteiger partial charge >= 0.3 is 0 Å². The molecule has 1 fully saturated rings. The van der Waals surface area contributed by atoms with Crippen LogP contribution in [0.5, 0.6) is 0 Å². The van der Waals surface area contributed by atoms with Crippen LogP contribution < -0.4 is 0 Å². The highest BCUT2D eigenvalue weighted by atomic mass is 79.9. The molecule has 2 rings (SSSR count). The van der Waals surface area contributed by atoms with Gasteiger partial charge in [0.1, 0.15) is 0 Å². The van der Waals surface area contributed by atoms with Gasteiger partial charge in [-0.2, -0.15) is 0 Å². The van der Waals surface area contributed by atoms with Gasteiger partial charge in [0, 0.05) is 4.47 Å². The number of aliphatic hydroxyl groups is 1. The van der Waals surface area contributed by atoms with Crippen LogP contribution in [0.4, 0.5) is 0 Å². The molecule has 1 aromatic carbocycles. The summed E-state index contributed by atoms with van der Waals surface area (Å²) in [6.45, 7) is 2.08. The Morgan fingerprint density at radius 1 is 1.20 bits per heavy atom. The molecule has 0 atom stereocenters. The number of aryl methyl sites for hydroxylation is 1. The highest BCUT2D eigenvalue weighted by Crippen LogP contribution is 2.39. The largest absolute Gasteiger partial charge is 0.385 e. The van der Waals surface area contributed by atoms with E-state index in [2.05, 4.69) is 35.0 Å². The zero-order chi connectivity index (χ0) is 10.9. The van der Waals surface area contributed by atoms with Gasteiger partial charge in [0.15, 0.2) is 0 Å². The average molecular weight is 269 g/mol. The van der Waals surface area contributed by atoms with Crippen LogP contribution in [-0.4, -0.2) is 5.11 Å². The molecule has 0 unspecified atom stereocenters. The van der Waals surface area contributed by atoms with Crippen LogP contribution in [-0.2, 0) is 5.60 Å². The summed E-state index contributed by atoms with van der Waals surface area (Å²) in [6.07, 6.45) is 5.36. The predicted molar refractivity (Wildman–Crippen MR) is 65.9 cm³/mol. The standard InChI is InChI=1S/C13H17BrO/c1-10-5-6-11(14)9-12(10)13(15)7-3-2-4-8-13/h5-6,9,15H,2-4,7-8H2,1H3. The van der Waals surface area contributed by atoms with Crippen molar-refractivity contribution in [3.8, 4) is 0 Å². The van der Waals surface area contributed by atoms with E-state index < -0.39 is 5.60 Å². The number of hydrogen-bond donors (Lipinski definition) is 1. The Balaban J connectivity index is 2.38. The Kier molecular flexibility index (Phi) is 3.17. The van der Waals surface area contributed by atoms with Crippen molar-refractivity contribution in [2.45, 2.75) is 44.6 Å². The summed E-state index contributed by atoms with van der Waals surface area (Å²) in [5.41, 5.74) is 1.73. The first kappa shape index (κ1) is 11.2. The quantitative estimate of drug-likeness (QED) is 0.819. The molecule has 0 aliphatic heterocycles. The van der Waals surface area contributed by atoms with Gasteiger partial charge in [-0.25, -0.2) is 0 Å². The molecule has 0 spiro atoms. The molecular weight excluding hydrogens is 252 g/mol. The second-order valence-electron chi connectivity index (χ2n) is 4.55. The molecule has 1 aromatic rings. The number of rotatable bonds is 1. The van der Waals surface area contributed by atoms with Crippen molar-refractivity contribution >= 4 is 15.9 Å². The van der Waals surface area contributed by atoms with Gasteiger partial charge in [-0.05, 0) is 43.0 Å². The van der Waals surface area contributed by atoms with Crippen LogP contribution in [0.1, 0.15) is 43.2 Å². The molecule has 1 aliphatic rings. The predicted octanol–water partition coefficient (Wildman–Crippen LogP) is 3.91. The SMILES string of the molecule is Cc1ccc(Br)cc1C1(O)CCCCC1. The Morgan fingerprint density at radius 3 is 2.53 bits per heavy atom. The van der Waals surface area contributed by atoms with Crippen molar-refractivity contribution in [1.82, 2.24) is 0 Å². The lowest BCUT2D eigenvalue weighted by atomic mass is 9.78. The minimum absolute atomic E-state index is 0.577. The first-order chi connectivity index (χ1) is 7.12. The van der Waals surface area contributed by atoms with Gasteiger partial charge in [-0.1, -0.05) is 41.3 Å². The third-order valence-corrected chi connectivity index (χ3v) is 3.87. The number of benzene rings is 1. The van der Waals surface area contributed by atoms with E-state index in [-0.39, 0.29) is 0 Å². The van der Waals surface area contributed by atoms with Gasteiger partial charge in [0.25, 0.3) is 0 Å². The van der Waals surface area contributed by atoms with Gasteiger partial charge in [-0.15, -0.1) is 0 Å².